The molecule has 0 spiro atoms. The summed E-state index contributed by atoms with van der Waals surface area (Å²) in [5.74, 6) is -0.199. The first-order valence-electron chi connectivity index (χ1n) is 7.52. The third-order valence-electron chi connectivity index (χ3n) is 3.75. The van der Waals surface area contributed by atoms with E-state index in [4.69, 9.17) is 0 Å². The van der Waals surface area contributed by atoms with E-state index < -0.39 is 0 Å². The van der Waals surface area contributed by atoms with Gasteiger partial charge in [-0.05, 0) is 43.2 Å². The van der Waals surface area contributed by atoms with Gasteiger partial charge >= 0.3 is 0 Å². The molecule has 0 saturated heterocycles. The monoisotopic (exact) mass is 372 g/mol. The molecule has 1 aliphatic carbocycles. The number of hydrogen-bond donors (Lipinski definition) is 1. The van der Waals surface area contributed by atoms with E-state index in [1.807, 2.05) is 36.4 Å². The number of carbonyl (C=O) groups excluding carboxylic acids is 2. The SMILES string of the molecule is CC(=O)N(c1ccccc1NC(=O)c1cccc(Br)c1)C1CC1. The van der Waals surface area contributed by atoms with Crippen LogP contribution in [-0.4, -0.2) is 17.9 Å². The van der Waals surface area contributed by atoms with Crippen molar-refractivity contribution in [3.63, 3.8) is 0 Å². The summed E-state index contributed by atoms with van der Waals surface area (Å²) in [7, 11) is 0. The van der Waals surface area contributed by atoms with E-state index in [-0.39, 0.29) is 17.9 Å². The van der Waals surface area contributed by atoms with E-state index in [9.17, 15) is 9.59 Å². The molecule has 0 radical (unpaired) electrons. The lowest BCUT2D eigenvalue weighted by molar-refractivity contribution is -0.116. The molecule has 0 heterocycles. The number of carbonyl (C=O) groups is 2. The molecule has 0 aromatic heterocycles. The topological polar surface area (TPSA) is 49.4 Å². The van der Waals surface area contributed by atoms with Crippen molar-refractivity contribution in [2.24, 2.45) is 0 Å². The zero-order valence-electron chi connectivity index (χ0n) is 12.8. The van der Waals surface area contributed by atoms with Crippen molar-refractivity contribution >= 4 is 39.1 Å². The van der Waals surface area contributed by atoms with Gasteiger partial charge in [0.15, 0.2) is 0 Å². The molecule has 1 saturated carbocycles. The van der Waals surface area contributed by atoms with E-state index >= 15 is 0 Å². The van der Waals surface area contributed by atoms with Gasteiger partial charge in [-0.15, -0.1) is 0 Å². The summed E-state index contributed by atoms with van der Waals surface area (Å²) in [5, 5.41) is 2.92. The van der Waals surface area contributed by atoms with Crippen LogP contribution >= 0.6 is 15.9 Å². The Balaban J connectivity index is 1.88. The van der Waals surface area contributed by atoms with Crippen LogP contribution in [0, 0.1) is 0 Å². The van der Waals surface area contributed by atoms with Gasteiger partial charge in [0.1, 0.15) is 0 Å². The number of halogens is 1. The number of amides is 2. The first-order valence-corrected chi connectivity index (χ1v) is 8.31. The predicted molar refractivity (Wildman–Crippen MR) is 94.7 cm³/mol. The van der Waals surface area contributed by atoms with Crippen LogP contribution in [0.4, 0.5) is 11.4 Å². The molecule has 3 rings (SSSR count). The van der Waals surface area contributed by atoms with Gasteiger partial charge in [-0.3, -0.25) is 9.59 Å². The number of hydrogen-bond acceptors (Lipinski definition) is 2. The quantitative estimate of drug-likeness (QED) is 0.873. The molecule has 1 N–H and O–H groups in total. The van der Waals surface area contributed by atoms with Crippen LogP contribution in [0.5, 0.6) is 0 Å². The highest BCUT2D eigenvalue weighted by Gasteiger charge is 2.33. The molecular formula is C18H17BrN2O2. The Kier molecular flexibility index (Phi) is 4.48. The normalized spacial score (nSPS) is 13.5. The largest absolute Gasteiger partial charge is 0.320 e. The minimum absolute atomic E-state index is 0.00310. The zero-order valence-corrected chi connectivity index (χ0v) is 14.3. The van der Waals surface area contributed by atoms with Crippen molar-refractivity contribution in [2.75, 3.05) is 10.2 Å². The van der Waals surface area contributed by atoms with Crippen molar-refractivity contribution in [3.05, 3.63) is 58.6 Å². The second-order valence-corrected chi connectivity index (χ2v) is 6.52. The van der Waals surface area contributed by atoms with Crippen molar-refractivity contribution in [2.45, 2.75) is 25.8 Å². The van der Waals surface area contributed by atoms with Crippen LogP contribution in [0.25, 0.3) is 0 Å². The second-order valence-electron chi connectivity index (χ2n) is 5.60. The van der Waals surface area contributed by atoms with Crippen LogP contribution in [0.1, 0.15) is 30.1 Å². The lowest BCUT2D eigenvalue weighted by Gasteiger charge is -2.23. The molecule has 0 unspecified atom stereocenters. The van der Waals surface area contributed by atoms with E-state index in [0.29, 0.717) is 11.3 Å². The Morgan fingerprint density at radius 2 is 1.87 bits per heavy atom. The lowest BCUT2D eigenvalue weighted by atomic mass is 10.2. The van der Waals surface area contributed by atoms with E-state index in [1.54, 1.807) is 24.0 Å². The van der Waals surface area contributed by atoms with Crippen LogP contribution in [0.15, 0.2) is 53.0 Å². The van der Waals surface area contributed by atoms with Gasteiger partial charge in [0.05, 0.1) is 11.4 Å². The summed E-state index contributed by atoms with van der Waals surface area (Å²) in [6.45, 7) is 1.56. The lowest BCUT2D eigenvalue weighted by Crippen LogP contribution is -2.31. The Bertz CT molecular complexity index is 756. The molecular weight excluding hydrogens is 356 g/mol. The molecule has 1 aliphatic rings. The number of anilines is 2. The van der Waals surface area contributed by atoms with Gasteiger partial charge in [-0.2, -0.15) is 0 Å². The summed E-state index contributed by atoms with van der Waals surface area (Å²) in [6.07, 6.45) is 2.01. The molecule has 5 heteroatoms. The molecule has 2 amide bonds. The molecule has 2 aromatic carbocycles. The smallest absolute Gasteiger partial charge is 0.255 e. The average molecular weight is 373 g/mol. The van der Waals surface area contributed by atoms with Crippen molar-refractivity contribution in [3.8, 4) is 0 Å². The Labute approximate surface area is 143 Å². The van der Waals surface area contributed by atoms with Crippen LogP contribution in [-0.2, 0) is 4.79 Å². The minimum Gasteiger partial charge on any atom is -0.320 e. The van der Waals surface area contributed by atoms with Gasteiger partial charge < -0.3 is 10.2 Å². The predicted octanol–water partition coefficient (Wildman–Crippen LogP) is 4.22. The number of nitrogens with one attached hydrogen (secondary N) is 1. The van der Waals surface area contributed by atoms with E-state index in [2.05, 4.69) is 21.2 Å². The summed E-state index contributed by atoms with van der Waals surface area (Å²) in [6, 6.07) is 14.9. The van der Waals surface area contributed by atoms with Crippen molar-refractivity contribution in [1.82, 2.24) is 0 Å². The Morgan fingerprint density at radius 1 is 1.13 bits per heavy atom. The average Bonchev–Trinajstić information content (AvgIpc) is 3.33. The molecule has 2 aromatic rings. The van der Waals surface area contributed by atoms with Crippen LogP contribution in [0.3, 0.4) is 0 Å². The zero-order chi connectivity index (χ0) is 16.4. The highest BCUT2D eigenvalue weighted by Crippen LogP contribution is 2.36. The molecule has 0 bridgehead atoms. The standard InChI is InChI=1S/C18H17BrN2O2/c1-12(22)21(15-9-10-15)17-8-3-2-7-16(17)20-18(23)13-5-4-6-14(19)11-13/h2-8,11,15H,9-10H2,1H3,(H,20,23). The van der Waals surface area contributed by atoms with Crippen molar-refractivity contribution in [1.29, 1.82) is 0 Å². The third-order valence-corrected chi connectivity index (χ3v) is 4.24. The Hall–Kier alpha value is -2.14. The maximum absolute atomic E-state index is 12.5. The Morgan fingerprint density at radius 3 is 2.52 bits per heavy atom. The molecule has 118 valence electrons. The molecule has 0 aliphatic heterocycles. The van der Waals surface area contributed by atoms with Gasteiger partial charge in [-0.25, -0.2) is 0 Å². The first kappa shape index (κ1) is 15.7. The molecule has 1 fully saturated rings. The second kappa shape index (κ2) is 6.54. The van der Waals surface area contributed by atoms with Gasteiger partial charge in [0.25, 0.3) is 5.91 Å². The van der Waals surface area contributed by atoms with E-state index in [1.165, 1.54) is 0 Å². The summed E-state index contributed by atoms with van der Waals surface area (Å²) in [4.78, 5) is 26.2. The summed E-state index contributed by atoms with van der Waals surface area (Å²) < 4.78 is 0.849. The highest BCUT2D eigenvalue weighted by atomic mass is 79.9. The maximum atomic E-state index is 12.5. The highest BCUT2D eigenvalue weighted by molar-refractivity contribution is 9.10. The van der Waals surface area contributed by atoms with Crippen LogP contribution < -0.4 is 10.2 Å². The number of rotatable bonds is 4. The summed E-state index contributed by atoms with van der Waals surface area (Å²) >= 11 is 3.37. The van der Waals surface area contributed by atoms with Gasteiger partial charge in [0.2, 0.25) is 5.91 Å². The maximum Gasteiger partial charge on any atom is 0.255 e. The molecule has 4 nitrogen and oxygen atoms in total. The summed E-state index contributed by atoms with van der Waals surface area (Å²) in [5.41, 5.74) is 1.97. The van der Waals surface area contributed by atoms with Gasteiger partial charge in [-0.1, -0.05) is 34.1 Å². The first-order chi connectivity index (χ1) is 11.1. The molecule has 23 heavy (non-hydrogen) atoms. The number of para-hydroxylation sites is 2. The fraction of sp³-hybridized carbons (Fsp3) is 0.222. The third kappa shape index (κ3) is 3.62. The number of nitrogens with zero attached hydrogens (tertiary/aromatic N) is 1. The molecule has 0 atom stereocenters. The van der Waals surface area contributed by atoms with Crippen molar-refractivity contribution < 1.29 is 9.59 Å². The van der Waals surface area contributed by atoms with Gasteiger partial charge in [0, 0.05) is 23.0 Å². The fourth-order valence-electron chi connectivity index (χ4n) is 2.57. The number of benzene rings is 2. The minimum atomic E-state index is -0.196. The van der Waals surface area contributed by atoms with Crippen LogP contribution in [0.2, 0.25) is 0 Å². The fourth-order valence-corrected chi connectivity index (χ4v) is 2.97. The van der Waals surface area contributed by atoms with E-state index in [0.717, 1.165) is 23.0 Å².